The van der Waals surface area contributed by atoms with Crippen LogP contribution in [0.25, 0.3) is 0 Å². The van der Waals surface area contributed by atoms with Crippen molar-refractivity contribution >= 4 is 11.7 Å². The lowest BCUT2D eigenvalue weighted by Crippen LogP contribution is -2.52. The molecule has 1 aliphatic rings. The van der Waals surface area contributed by atoms with E-state index in [1.54, 1.807) is 0 Å². The van der Waals surface area contributed by atoms with Crippen LogP contribution in [0, 0.1) is 0 Å². The van der Waals surface area contributed by atoms with Crippen molar-refractivity contribution in [2.75, 3.05) is 37.6 Å². The van der Waals surface area contributed by atoms with E-state index in [0.717, 1.165) is 62.8 Å². The van der Waals surface area contributed by atoms with Crippen LogP contribution in [0.4, 0.5) is 10.5 Å². The van der Waals surface area contributed by atoms with E-state index >= 15 is 0 Å². The van der Waals surface area contributed by atoms with Crippen molar-refractivity contribution in [1.29, 1.82) is 0 Å². The van der Waals surface area contributed by atoms with Crippen molar-refractivity contribution in [3.05, 3.63) is 54.6 Å². The number of hydrogen-bond acceptors (Lipinski definition) is 3. The third kappa shape index (κ3) is 4.69. The number of rotatable bonds is 6. The first-order valence-corrected chi connectivity index (χ1v) is 9.37. The molecule has 138 valence electrons. The van der Waals surface area contributed by atoms with E-state index in [1.807, 2.05) is 53.4 Å². The Balaban J connectivity index is 1.60. The van der Waals surface area contributed by atoms with Gasteiger partial charge in [-0.05, 0) is 30.7 Å². The van der Waals surface area contributed by atoms with Gasteiger partial charge in [-0.2, -0.15) is 0 Å². The van der Waals surface area contributed by atoms with E-state index in [1.165, 1.54) is 0 Å². The summed E-state index contributed by atoms with van der Waals surface area (Å²) in [4.78, 5) is 16.4. The van der Waals surface area contributed by atoms with Crippen LogP contribution >= 0.6 is 0 Å². The number of benzene rings is 2. The van der Waals surface area contributed by atoms with Gasteiger partial charge in [0.05, 0.1) is 5.69 Å². The maximum absolute atomic E-state index is 12.2. The quantitative estimate of drug-likeness (QED) is 0.795. The lowest BCUT2D eigenvalue weighted by atomic mass is 10.2. The lowest BCUT2D eigenvalue weighted by molar-refractivity contribution is 0.194. The number of anilines is 1. The number of urea groups is 1. The van der Waals surface area contributed by atoms with E-state index in [2.05, 4.69) is 23.2 Å². The number of carbonyl (C=O) groups is 1. The molecule has 5 nitrogen and oxygen atoms in total. The molecule has 2 aromatic carbocycles. The monoisotopic (exact) mass is 353 g/mol. The average molecular weight is 353 g/mol. The summed E-state index contributed by atoms with van der Waals surface area (Å²) in [6, 6.07) is 17.9. The maximum Gasteiger partial charge on any atom is 0.317 e. The second-order valence-corrected chi connectivity index (χ2v) is 6.44. The summed E-state index contributed by atoms with van der Waals surface area (Å²) in [6.07, 6.45) is 2.11. The predicted octanol–water partition coefficient (Wildman–Crippen LogP) is 4.11. The zero-order valence-electron chi connectivity index (χ0n) is 15.4. The molecule has 3 rings (SSSR count). The normalized spacial score (nSPS) is 14.2. The molecule has 1 N–H and O–H groups in total. The van der Waals surface area contributed by atoms with Gasteiger partial charge in [0.15, 0.2) is 5.75 Å². The SMILES string of the molecule is CCCCNC(=O)N1CCN(c2ccccc2Oc2ccccc2)CC1. The van der Waals surface area contributed by atoms with Crippen LogP contribution in [0.1, 0.15) is 19.8 Å². The number of hydrogen-bond donors (Lipinski definition) is 1. The molecule has 0 atom stereocenters. The zero-order valence-corrected chi connectivity index (χ0v) is 15.4. The van der Waals surface area contributed by atoms with Gasteiger partial charge in [0, 0.05) is 32.7 Å². The Morgan fingerprint density at radius 3 is 2.42 bits per heavy atom. The Morgan fingerprint density at radius 1 is 1.00 bits per heavy atom. The number of nitrogens with one attached hydrogen (secondary N) is 1. The number of amides is 2. The van der Waals surface area contributed by atoms with Crippen LogP contribution in [0.15, 0.2) is 54.6 Å². The number of para-hydroxylation sites is 3. The second kappa shape index (κ2) is 9.13. The molecule has 0 spiro atoms. The fourth-order valence-corrected chi connectivity index (χ4v) is 3.05. The zero-order chi connectivity index (χ0) is 18.2. The minimum Gasteiger partial charge on any atom is -0.455 e. The Hall–Kier alpha value is -2.69. The highest BCUT2D eigenvalue weighted by Crippen LogP contribution is 2.32. The maximum atomic E-state index is 12.2. The smallest absolute Gasteiger partial charge is 0.317 e. The van der Waals surface area contributed by atoms with Gasteiger partial charge >= 0.3 is 6.03 Å². The summed E-state index contributed by atoms with van der Waals surface area (Å²) in [5.74, 6) is 1.67. The van der Waals surface area contributed by atoms with Crippen LogP contribution in [0.3, 0.4) is 0 Å². The van der Waals surface area contributed by atoms with Gasteiger partial charge in [0.25, 0.3) is 0 Å². The second-order valence-electron chi connectivity index (χ2n) is 6.44. The van der Waals surface area contributed by atoms with Crippen molar-refractivity contribution in [3.63, 3.8) is 0 Å². The van der Waals surface area contributed by atoms with Crippen LogP contribution < -0.4 is 15.0 Å². The molecule has 2 aromatic rings. The summed E-state index contributed by atoms with van der Waals surface area (Å²) in [7, 11) is 0. The highest BCUT2D eigenvalue weighted by molar-refractivity contribution is 5.74. The molecule has 26 heavy (non-hydrogen) atoms. The first-order valence-electron chi connectivity index (χ1n) is 9.37. The molecule has 1 fully saturated rings. The van der Waals surface area contributed by atoms with Crippen LogP contribution in [-0.2, 0) is 0 Å². The molecule has 0 aromatic heterocycles. The number of carbonyl (C=O) groups excluding carboxylic acids is 1. The number of nitrogens with zero attached hydrogens (tertiary/aromatic N) is 2. The number of unbranched alkanes of at least 4 members (excludes halogenated alkanes) is 1. The summed E-state index contributed by atoms with van der Waals surface area (Å²) in [5.41, 5.74) is 1.07. The highest BCUT2D eigenvalue weighted by Gasteiger charge is 2.22. The van der Waals surface area contributed by atoms with Gasteiger partial charge in [0.2, 0.25) is 0 Å². The Morgan fingerprint density at radius 2 is 1.69 bits per heavy atom. The van der Waals surface area contributed by atoms with E-state index in [4.69, 9.17) is 4.74 Å². The minimum absolute atomic E-state index is 0.0481. The topological polar surface area (TPSA) is 44.8 Å². The van der Waals surface area contributed by atoms with Crippen molar-refractivity contribution in [2.45, 2.75) is 19.8 Å². The summed E-state index contributed by atoms with van der Waals surface area (Å²) >= 11 is 0. The predicted molar refractivity (Wildman–Crippen MR) is 105 cm³/mol. The third-order valence-electron chi connectivity index (χ3n) is 4.55. The van der Waals surface area contributed by atoms with E-state index in [-0.39, 0.29) is 6.03 Å². The summed E-state index contributed by atoms with van der Waals surface area (Å²) in [6.45, 7) is 5.92. The Bertz CT molecular complexity index is 697. The summed E-state index contributed by atoms with van der Waals surface area (Å²) < 4.78 is 6.07. The molecule has 1 saturated heterocycles. The van der Waals surface area contributed by atoms with Crippen molar-refractivity contribution in [1.82, 2.24) is 10.2 Å². The fourth-order valence-electron chi connectivity index (χ4n) is 3.05. The Labute approximate surface area is 155 Å². The molecule has 0 radical (unpaired) electrons. The molecule has 1 aliphatic heterocycles. The summed E-state index contributed by atoms with van der Waals surface area (Å²) in [5, 5.41) is 3.00. The van der Waals surface area contributed by atoms with Crippen molar-refractivity contribution < 1.29 is 9.53 Å². The van der Waals surface area contributed by atoms with E-state index < -0.39 is 0 Å². The molecular weight excluding hydrogens is 326 g/mol. The van der Waals surface area contributed by atoms with E-state index in [0.29, 0.717) is 0 Å². The first kappa shape index (κ1) is 18.1. The third-order valence-corrected chi connectivity index (χ3v) is 4.55. The van der Waals surface area contributed by atoms with Crippen LogP contribution in [0.2, 0.25) is 0 Å². The van der Waals surface area contributed by atoms with Crippen LogP contribution in [-0.4, -0.2) is 43.7 Å². The molecule has 2 amide bonds. The highest BCUT2D eigenvalue weighted by atomic mass is 16.5. The molecule has 0 aliphatic carbocycles. The van der Waals surface area contributed by atoms with Gasteiger partial charge in [0.1, 0.15) is 5.75 Å². The van der Waals surface area contributed by atoms with Gasteiger partial charge in [-0.3, -0.25) is 0 Å². The number of piperazine rings is 1. The molecular formula is C21H27N3O2. The van der Waals surface area contributed by atoms with Gasteiger partial charge < -0.3 is 19.9 Å². The number of ether oxygens (including phenoxy) is 1. The standard InChI is InChI=1S/C21H27N3O2/c1-2-3-13-22-21(25)24-16-14-23(15-17-24)19-11-7-8-12-20(19)26-18-9-5-4-6-10-18/h4-12H,2-3,13-17H2,1H3,(H,22,25). The minimum atomic E-state index is 0.0481. The molecule has 0 bridgehead atoms. The molecule has 5 heteroatoms. The van der Waals surface area contributed by atoms with Gasteiger partial charge in [-0.25, -0.2) is 4.79 Å². The average Bonchev–Trinajstić information content (AvgIpc) is 2.69. The van der Waals surface area contributed by atoms with E-state index in [9.17, 15) is 4.79 Å². The lowest BCUT2D eigenvalue weighted by Gasteiger charge is -2.36. The van der Waals surface area contributed by atoms with Gasteiger partial charge in [-0.1, -0.05) is 43.7 Å². The molecule has 1 heterocycles. The van der Waals surface area contributed by atoms with Crippen molar-refractivity contribution in [2.24, 2.45) is 0 Å². The Kier molecular flexibility index (Phi) is 6.36. The van der Waals surface area contributed by atoms with Gasteiger partial charge in [-0.15, -0.1) is 0 Å². The first-order chi connectivity index (χ1) is 12.8. The fraction of sp³-hybridized carbons (Fsp3) is 0.381. The molecule has 0 saturated carbocycles. The van der Waals surface area contributed by atoms with Crippen molar-refractivity contribution in [3.8, 4) is 11.5 Å². The van der Waals surface area contributed by atoms with Crippen LogP contribution in [0.5, 0.6) is 11.5 Å². The molecule has 0 unspecified atom stereocenters. The largest absolute Gasteiger partial charge is 0.455 e.